The number of aryl methyl sites for hydroxylation is 2. The van der Waals surface area contributed by atoms with Crippen molar-refractivity contribution in [1.29, 1.82) is 0 Å². The van der Waals surface area contributed by atoms with Crippen LogP contribution in [0.25, 0.3) is 0 Å². The van der Waals surface area contributed by atoms with E-state index in [9.17, 15) is 0 Å². The molecule has 1 rings (SSSR count). The minimum Gasteiger partial charge on any atom is -0.494 e. The second-order valence-electron chi connectivity index (χ2n) is 4.96. The minimum atomic E-state index is 0.379. The predicted octanol–water partition coefficient (Wildman–Crippen LogP) is 2.65. The number of nitrogens with zero attached hydrogens (tertiary/aromatic N) is 1. The maximum atomic E-state index is 5.72. The molecule has 0 saturated heterocycles. The van der Waals surface area contributed by atoms with Gasteiger partial charge >= 0.3 is 0 Å². The highest BCUT2D eigenvalue weighted by atomic mass is 16.5. The molecule has 102 valence electrons. The molecule has 0 amide bonds. The summed E-state index contributed by atoms with van der Waals surface area (Å²) in [5, 5.41) is 0. The molecule has 0 fully saturated rings. The number of ether oxygens (including phenoxy) is 1. The van der Waals surface area contributed by atoms with E-state index < -0.39 is 0 Å². The van der Waals surface area contributed by atoms with Gasteiger partial charge in [-0.15, -0.1) is 0 Å². The molecule has 1 unspecified atom stereocenters. The van der Waals surface area contributed by atoms with Gasteiger partial charge in [0, 0.05) is 6.04 Å². The summed E-state index contributed by atoms with van der Waals surface area (Å²) in [5.74, 6) is 0.990. The van der Waals surface area contributed by atoms with Crippen LogP contribution in [0.1, 0.15) is 36.1 Å². The van der Waals surface area contributed by atoms with Crippen LogP contribution >= 0.6 is 0 Å². The third kappa shape index (κ3) is 3.47. The summed E-state index contributed by atoms with van der Waals surface area (Å²) in [6.45, 7) is 7.67. The van der Waals surface area contributed by atoms with Gasteiger partial charge < -0.3 is 15.4 Å². The third-order valence-corrected chi connectivity index (χ3v) is 3.29. The Labute approximate surface area is 111 Å². The van der Waals surface area contributed by atoms with Crippen LogP contribution in [0.5, 0.6) is 5.75 Å². The molecule has 3 heteroatoms. The quantitative estimate of drug-likeness (QED) is 0.843. The molecule has 0 aromatic heterocycles. The van der Waals surface area contributed by atoms with Crippen LogP contribution in [0.2, 0.25) is 0 Å². The Morgan fingerprint density at radius 2 is 1.89 bits per heavy atom. The molecule has 0 aliphatic heterocycles. The molecule has 0 saturated carbocycles. The summed E-state index contributed by atoms with van der Waals surface area (Å²) in [4.78, 5) is 2.23. The molecule has 0 bridgehead atoms. The summed E-state index contributed by atoms with van der Waals surface area (Å²) in [5.41, 5.74) is 9.54. The molecule has 0 radical (unpaired) electrons. The lowest BCUT2D eigenvalue weighted by atomic mass is 9.95. The number of rotatable bonds is 6. The lowest BCUT2D eigenvalue weighted by Gasteiger charge is -2.26. The number of hydrogen-bond donors (Lipinski definition) is 1. The Balaban J connectivity index is 3.11. The van der Waals surface area contributed by atoms with E-state index in [4.69, 9.17) is 10.5 Å². The van der Waals surface area contributed by atoms with Crippen molar-refractivity contribution in [1.82, 2.24) is 4.90 Å². The molecule has 18 heavy (non-hydrogen) atoms. The summed E-state index contributed by atoms with van der Waals surface area (Å²) in [6.07, 6.45) is 0.973. The summed E-state index contributed by atoms with van der Waals surface area (Å²) in [7, 11) is 4.21. The number of nitrogens with two attached hydrogens (primary N) is 1. The lowest BCUT2D eigenvalue weighted by Crippen LogP contribution is -2.23. The first kappa shape index (κ1) is 15.0. The van der Waals surface area contributed by atoms with Crippen molar-refractivity contribution >= 4 is 0 Å². The Morgan fingerprint density at radius 3 is 2.39 bits per heavy atom. The molecule has 1 aromatic rings. The van der Waals surface area contributed by atoms with Crippen molar-refractivity contribution in [3.8, 4) is 5.75 Å². The smallest absolute Gasteiger partial charge is 0.122 e. The number of hydrogen-bond acceptors (Lipinski definition) is 3. The van der Waals surface area contributed by atoms with E-state index in [0.717, 1.165) is 12.2 Å². The first-order valence-corrected chi connectivity index (χ1v) is 6.61. The van der Waals surface area contributed by atoms with E-state index in [-0.39, 0.29) is 0 Å². The Kier molecular flexibility index (Phi) is 5.63. The van der Waals surface area contributed by atoms with E-state index in [1.54, 1.807) is 0 Å². The normalized spacial score (nSPS) is 12.8. The average Bonchev–Trinajstić information content (AvgIpc) is 2.31. The zero-order valence-electron chi connectivity index (χ0n) is 12.3. The second-order valence-corrected chi connectivity index (χ2v) is 4.96. The highest BCUT2D eigenvalue weighted by Gasteiger charge is 2.17. The standard InChI is InChI=1S/C15H26N2O/c1-6-18-15-10-11(2)13(9-12(15)3)14(7-8-16)17(4)5/h9-10,14H,6-8,16H2,1-5H3. The fourth-order valence-corrected chi connectivity index (χ4v) is 2.33. The van der Waals surface area contributed by atoms with Crippen molar-refractivity contribution in [3.63, 3.8) is 0 Å². The molecule has 2 N–H and O–H groups in total. The van der Waals surface area contributed by atoms with Crippen molar-refractivity contribution in [2.24, 2.45) is 5.73 Å². The van der Waals surface area contributed by atoms with Crippen LogP contribution in [-0.2, 0) is 0 Å². The Hall–Kier alpha value is -1.06. The molecule has 0 spiro atoms. The van der Waals surface area contributed by atoms with Crippen LogP contribution in [0.4, 0.5) is 0 Å². The van der Waals surface area contributed by atoms with Crippen molar-refractivity contribution in [2.75, 3.05) is 27.2 Å². The maximum Gasteiger partial charge on any atom is 0.122 e. The molecule has 1 aromatic carbocycles. The van der Waals surface area contributed by atoms with Crippen LogP contribution in [0.3, 0.4) is 0 Å². The van der Waals surface area contributed by atoms with Crippen molar-refractivity contribution in [2.45, 2.75) is 33.2 Å². The largest absolute Gasteiger partial charge is 0.494 e. The zero-order valence-corrected chi connectivity index (χ0v) is 12.3. The monoisotopic (exact) mass is 250 g/mol. The minimum absolute atomic E-state index is 0.379. The van der Waals surface area contributed by atoms with Crippen molar-refractivity contribution in [3.05, 3.63) is 28.8 Å². The fourth-order valence-electron chi connectivity index (χ4n) is 2.33. The first-order chi connectivity index (χ1) is 8.51. The highest BCUT2D eigenvalue weighted by Crippen LogP contribution is 2.30. The zero-order chi connectivity index (χ0) is 13.7. The molecule has 1 atom stereocenters. The second kappa shape index (κ2) is 6.76. The van der Waals surface area contributed by atoms with Crippen LogP contribution in [0.15, 0.2) is 12.1 Å². The average molecular weight is 250 g/mol. The van der Waals surface area contributed by atoms with E-state index in [2.05, 4.69) is 45.0 Å². The summed E-state index contributed by atoms with van der Waals surface area (Å²) < 4.78 is 5.63. The van der Waals surface area contributed by atoms with Crippen molar-refractivity contribution < 1.29 is 4.74 Å². The molecule has 0 heterocycles. The topological polar surface area (TPSA) is 38.5 Å². The summed E-state index contributed by atoms with van der Waals surface area (Å²) in [6, 6.07) is 4.76. The van der Waals surface area contributed by atoms with Crippen LogP contribution < -0.4 is 10.5 Å². The van der Waals surface area contributed by atoms with Gasteiger partial charge in [-0.1, -0.05) is 6.07 Å². The van der Waals surface area contributed by atoms with Gasteiger partial charge in [0.15, 0.2) is 0 Å². The van der Waals surface area contributed by atoms with Gasteiger partial charge in [0.2, 0.25) is 0 Å². The van der Waals surface area contributed by atoms with Gasteiger partial charge in [0.25, 0.3) is 0 Å². The first-order valence-electron chi connectivity index (χ1n) is 6.61. The molecular weight excluding hydrogens is 224 g/mol. The van der Waals surface area contributed by atoms with E-state index in [0.29, 0.717) is 19.2 Å². The van der Waals surface area contributed by atoms with Gasteiger partial charge in [0.05, 0.1) is 6.61 Å². The number of benzene rings is 1. The highest BCUT2D eigenvalue weighted by molar-refractivity contribution is 5.43. The van der Waals surface area contributed by atoms with E-state index in [1.165, 1.54) is 16.7 Å². The van der Waals surface area contributed by atoms with Gasteiger partial charge in [-0.25, -0.2) is 0 Å². The van der Waals surface area contributed by atoms with Gasteiger partial charge in [-0.3, -0.25) is 0 Å². The SMILES string of the molecule is CCOc1cc(C)c(C(CCN)N(C)C)cc1C. The molecule has 0 aliphatic carbocycles. The maximum absolute atomic E-state index is 5.72. The van der Waals surface area contributed by atoms with Crippen LogP contribution in [-0.4, -0.2) is 32.1 Å². The molecule has 0 aliphatic rings. The van der Waals surface area contributed by atoms with E-state index >= 15 is 0 Å². The third-order valence-electron chi connectivity index (χ3n) is 3.29. The van der Waals surface area contributed by atoms with Crippen LogP contribution in [0, 0.1) is 13.8 Å². The molecule has 3 nitrogen and oxygen atoms in total. The molecular formula is C15H26N2O. The summed E-state index contributed by atoms with van der Waals surface area (Å²) >= 11 is 0. The van der Waals surface area contributed by atoms with Gasteiger partial charge in [0.1, 0.15) is 5.75 Å². The fraction of sp³-hybridized carbons (Fsp3) is 0.600. The predicted molar refractivity (Wildman–Crippen MR) is 77.2 cm³/mol. The Bertz CT molecular complexity index is 388. The van der Waals surface area contributed by atoms with E-state index in [1.807, 2.05) is 6.92 Å². The van der Waals surface area contributed by atoms with Gasteiger partial charge in [-0.05, 0) is 70.6 Å². The van der Waals surface area contributed by atoms with Gasteiger partial charge in [-0.2, -0.15) is 0 Å². The lowest BCUT2D eigenvalue weighted by molar-refractivity contribution is 0.285. The Morgan fingerprint density at radius 1 is 1.22 bits per heavy atom.